The van der Waals surface area contributed by atoms with E-state index in [0.29, 0.717) is 12.4 Å². The quantitative estimate of drug-likeness (QED) is 0.827. The molecule has 0 saturated carbocycles. The number of carbonyl (C=O) groups excluding carboxylic acids is 1. The molecule has 1 fully saturated rings. The first kappa shape index (κ1) is 13.5. The standard InChI is InChI=1S/C11H18N4OS2/c1-17-9-10(12)14-18-11(9)13-7-8(16)15-5-3-2-4-6-15/h13H,2-7H2,1H3,(H2,12,14). The number of piperidine rings is 1. The molecule has 2 rings (SSSR count). The summed E-state index contributed by atoms with van der Waals surface area (Å²) in [5, 5.41) is 4.04. The zero-order valence-corrected chi connectivity index (χ0v) is 12.1. The van der Waals surface area contributed by atoms with E-state index in [1.807, 2.05) is 11.2 Å². The van der Waals surface area contributed by atoms with Crippen molar-refractivity contribution in [1.82, 2.24) is 9.27 Å². The van der Waals surface area contributed by atoms with Crippen molar-refractivity contribution in [2.45, 2.75) is 24.2 Å². The van der Waals surface area contributed by atoms with Gasteiger partial charge in [0.15, 0.2) is 5.82 Å². The average Bonchev–Trinajstić information content (AvgIpc) is 2.77. The lowest BCUT2D eigenvalue weighted by Crippen LogP contribution is -2.39. The molecule has 0 atom stereocenters. The van der Waals surface area contributed by atoms with Crippen LogP contribution >= 0.6 is 23.3 Å². The van der Waals surface area contributed by atoms with Crippen LogP contribution in [-0.2, 0) is 4.79 Å². The Balaban J connectivity index is 1.88. The molecule has 3 N–H and O–H groups in total. The summed E-state index contributed by atoms with van der Waals surface area (Å²) in [5.74, 6) is 0.703. The summed E-state index contributed by atoms with van der Waals surface area (Å²) in [6.45, 7) is 2.11. The van der Waals surface area contributed by atoms with Crippen molar-refractivity contribution in [1.29, 1.82) is 0 Å². The predicted molar refractivity (Wildman–Crippen MR) is 77.2 cm³/mol. The van der Waals surface area contributed by atoms with Gasteiger partial charge in [0.1, 0.15) is 5.00 Å². The molecular weight excluding hydrogens is 268 g/mol. The van der Waals surface area contributed by atoms with E-state index < -0.39 is 0 Å². The van der Waals surface area contributed by atoms with Gasteiger partial charge in [0.25, 0.3) is 0 Å². The number of carbonyl (C=O) groups is 1. The van der Waals surface area contributed by atoms with Crippen LogP contribution in [0.4, 0.5) is 10.8 Å². The Hall–Kier alpha value is -0.950. The fourth-order valence-electron chi connectivity index (χ4n) is 2.01. The van der Waals surface area contributed by atoms with Crippen LogP contribution in [0.15, 0.2) is 4.90 Å². The molecule has 0 aromatic carbocycles. The van der Waals surface area contributed by atoms with Crippen LogP contribution in [0, 0.1) is 0 Å². The third kappa shape index (κ3) is 3.08. The molecule has 100 valence electrons. The molecule has 2 heterocycles. The average molecular weight is 286 g/mol. The summed E-state index contributed by atoms with van der Waals surface area (Å²) in [5.41, 5.74) is 5.74. The predicted octanol–water partition coefficient (Wildman–Crippen LogP) is 1.87. The lowest BCUT2D eigenvalue weighted by molar-refractivity contribution is -0.130. The Morgan fingerprint density at radius 2 is 2.22 bits per heavy atom. The van der Waals surface area contributed by atoms with E-state index in [4.69, 9.17) is 5.73 Å². The zero-order chi connectivity index (χ0) is 13.0. The third-order valence-corrected chi connectivity index (χ3v) is 4.76. The monoisotopic (exact) mass is 286 g/mol. The highest BCUT2D eigenvalue weighted by Crippen LogP contribution is 2.34. The van der Waals surface area contributed by atoms with Gasteiger partial charge in [0.2, 0.25) is 5.91 Å². The molecule has 0 spiro atoms. The summed E-state index contributed by atoms with van der Waals surface area (Å²) in [6, 6.07) is 0. The minimum Gasteiger partial charge on any atom is -0.382 e. The Kier molecular flexibility index (Phi) is 4.71. The van der Waals surface area contributed by atoms with Gasteiger partial charge in [0, 0.05) is 13.1 Å². The second kappa shape index (κ2) is 6.29. The number of nitrogen functional groups attached to an aromatic ring is 1. The highest BCUT2D eigenvalue weighted by molar-refractivity contribution is 7.99. The minimum atomic E-state index is 0.161. The van der Waals surface area contributed by atoms with Gasteiger partial charge in [0.05, 0.1) is 11.4 Å². The van der Waals surface area contributed by atoms with E-state index in [0.717, 1.165) is 35.8 Å². The number of nitrogens with two attached hydrogens (primary N) is 1. The number of amides is 1. The van der Waals surface area contributed by atoms with E-state index >= 15 is 0 Å². The number of aromatic nitrogens is 1. The van der Waals surface area contributed by atoms with Gasteiger partial charge < -0.3 is 16.0 Å². The van der Waals surface area contributed by atoms with Crippen LogP contribution in [0.25, 0.3) is 0 Å². The number of nitrogens with zero attached hydrogens (tertiary/aromatic N) is 2. The molecule has 1 aromatic heterocycles. The Morgan fingerprint density at radius 1 is 1.50 bits per heavy atom. The van der Waals surface area contributed by atoms with Crippen LogP contribution in [0.1, 0.15) is 19.3 Å². The smallest absolute Gasteiger partial charge is 0.241 e. The molecule has 1 amide bonds. The Morgan fingerprint density at radius 3 is 2.89 bits per heavy atom. The second-order valence-corrected chi connectivity index (χ2v) is 5.82. The topological polar surface area (TPSA) is 71.2 Å². The van der Waals surface area contributed by atoms with E-state index in [9.17, 15) is 4.79 Å². The van der Waals surface area contributed by atoms with Gasteiger partial charge in [-0.3, -0.25) is 4.79 Å². The van der Waals surface area contributed by atoms with Gasteiger partial charge in [-0.2, -0.15) is 4.37 Å². The lowest BCUT2D eigenvalue weighted by atomic mass is 10.1. The van der Waals surface area contributed by atoms with Crippen LogP contribution in [0.5, 0.6) is 0 Å². The Labute approximate surface area is 115 Å². The van der Waals surface area contributed by atoms with Gasteiger partial charge in [-0.25, -0.2) is 0 Å². The molecule has 0 unspecified atom stereocenters. The largest absolute Gasteiger partial charge is 0.382 e. The van der Waals surface area contributed by atoms with Gasteiger partial charge in [-0.05, 0) is 37.1 Å². The maximum absolute atomic E-state index is 12.0. The molecule has 1 aliphatic rings. The molecule has 0 aliphatic carbocycles. The number of anilines is 2. The van der Waals surface area contributed by atoms with Crippen molar-refractivity contribution >= 4 is 40.0 Å². The van der Waals surface area contributed by atoms with E-state index in [2.05, 4.69) is 9.69 Å². The SMILES string of the molecule is CSc1c(N)nsc1NCC(=O)N1CCCCC1. The van der Waals surface area contributed by atoms with E-state index in [1.165, 1.54) is 18.0 Å². The summed E-state index contributed by atoms with van der Waals surface area (Å²) < 4.78 is 4.09. The van der Waals surface area contributed by atoms with Crippen LogP contribution in [0.2, 0.25) is 0 Å². The second-order valence-electron chi connectivity index (χ2n) is 4.23. The van der Waals surface area contributed by atoms with Crippen molar-refractivity contribution in [3.63, 3.8) is 0 Å². The summed E-state index contributed by atoms with van der Waals surface area (Å²) in [4.78, 5) is 14.9. The maximum atomic E-state index is 12.0. The molecule has 1 aliphatic heterocycles. The first-order chi connectivity index (χ1) is 8.72. The van der Waals surface area contributed by atoms with E-state index in [-0.39, 0.29) is 5.91 Å². The van der Waals surface area contributed by atoms with Crippen molar-refractivity contribution in [2.24, 2.45) is 0 Å². The number of hydrogen-bond acceptors (Lipinski definition) is 6. The first-order valence-electron chi connectivity index (χ1n) is 6.03. The van der Waals surface area contributed by atoms with Crippen LogP contribution < -0.4 is 11.1 Å². The van der Waals surface area contributed by atoms with Crippen molar-refractivity contribution in [3.05, 3.63) is 0 Å². The van der Waals surface area contributed by atoms with Crippen LogP contribution in [-0.4, -0.2) is 41.1 Å². The number of rotatable bonds is 4. The normalized spacial score (nSPS) is 15.7. The van der Waals surface area contributed by atoms with E-state index in [1.54, 1.807) is 11.8 Å². The van der Waals surface area contributed by atoms with Crippen molar-refractivity contribution < 1.29 is 4.79 Å². The van der Waals surface area contributed by atoms with Crippen molar-refractivity contribution in [2.75, 3.05) is 36.9 Å². The van der Waals surface area contributed by atoms with Gasteiger partial charge in [-0.15, -0.1) is 11.8 Å². The molecule has 5 nitrogen and oxygen atoms in total. The molecule has 0 bridgehead atoms. The minimum absolute atomic E-state index is 0.161. The fraction of sp³-hybridized carbons (Fsp3) is 0.636. The van der Waals surface area contributed by atoms with Gasteiger partial charge >= 0.3 is 0 Å². The van der Waals surface area contributed by atoms with Gasteiger partial charge in [-0.1, -0.05) is 0 Å². The van der Waals surface area contributed by atoms with Crippen LogP contribution in [0.3, 0.4) is 0 Å². The molecule has 18 heavy (non-hydrogen) atoms. The highest BCUT2D eigenvalue weighted by atomic mass is 32.2. The molecule has 0 radical (unpaired) electrons. The third-order valence-electron chi connectivity index (χ3n) is 2.99. The Bertz CT molecular complexity index is 415. The molecular formula is C11H18N4OS2. The number of thioether (sulfide) groups is 1. The molecule has 7 heteroatoms. The molecule has 1 aromatic rings. The number of hydrogen-bond donors (Lipinski definition) is 2. The summed E-state index contributed by atoms with van der Waals surface area (Å²) in [6.07, 6.45) is 5.43. The highest BCUT2D eigenvalue weighted by Gasteiger charge is 2.17. The number of likely N-dealkylation sites (tertiary alicyclic amines) is 1. The maximum Gasteiger partial charge on any atom is 0.241 e. The summed E-state index contributed by atoms with van der Waals surface area (Å²) in [7, 11) is 0. The summed E-state index contributed by atoms with van der Waals surface area (Å²) >= 11 is 2.86. The number of nitrogens with one attached hydrogen (secondary N) is 1. The van der Waals surface area contributed by atoms with Crippen molar-refractivity contribution in [3.8, 4) is 0 Å². The lowest BCUT2D eigenvalue weighted by Gasteiger charge is -2.26. The first-order valence-corrected chi connectivity index (χ1v) is 8.03. The fourth-order valence-corrected chi connectivity index (χ4v) is 3.55. The molecule has 1 saturated heterocycles. The zero-order valence-electron chi connectivity index (χ0n) is 10.4.